The summed E-state index contributed by atoms with van der Waals surface area (Å²) >= 11 is 0. The minimum atomic E-state index is -0.240. The molecule has 176 valence electrons. The molecule has 0 aliphatic rings. The molecular formula is C26H23N5O4. The Bertz CT molecular complexity index is 1410. The molecule has 0 unspecified atom stereocenters. The summed E-state index contributed by atoms with van der Waals surface area (Å²) in [6, 6.07) is 20.0. The predicted molar refractivity (Wildman–Crippen MR) is 133 cm³/mol. The van der Waals surface area contributed by atoms with Gasteiger partial charge in [0.05, 0.1) is 29.6 Å². The van der Waals surface area contributed by atoms with Crippen LogP contribution in [0.5, 0.6) is 23.0 Å². The molecule has 3 aromatic carbocycles. The van der Waals surface area contributed by atoms with E-state index >= 15 is 0 Å². The molecule has 0 fully saturated rings. The zero-order chi connectivity index (χ0) is 24.8. The van der Waals surface area contributed by atoms with Crippen LogP contribution in [-0.4, -0.2) is 31.7 Å². The lowest BCUT2D eigenvalue weighted by molar-refractivity contribution is -0.122. The molecular weight excluding hydrogens is 446 g/mol. The molecule has 9 heteroatoms. The summed E-state index contributed by atoms with van der Waals surface area (Å²) in [6.07, 6.45) is 1.50. The fourth-order valence-electron chi connectivity index (χ4n) is 3.38. The number of pyridine rings is 1. The van der Waals surface area contributed by atoms with Gasteiger partial charge in [0.15, 0.2) is 18.1 Å². The Kier molecular flexibility index (Phi) is 6.83. The lowest BCUT2D eigenvalue weighted by atomic mass is 10.1. The standard InChI is InChI=1S/C26H23N5O4/c1-29-25(32)15-34-22-5-3-4-6-23(22)35-18-9-7-17(8-10-18)31-26-16(13-27)14-30-21-12-20(28)24(33-2)11-19(21)26/h3-12,14H,15,28H2,1-2H3,(H,29,32)(H,30,31). The minimum Gasteiger partial charge on any atom is -0.495 e. The van der Waals surface area contributed by atoms with Gasteiger partial charge in [0.2, 0.25) is 0 Å². The first-order valence-electron chi connectivity index (χ1n) is 10.7. The quantitative estimate of drug-likeness (QED) is 0.324. The summed E-state index contributed by atoms with van der Waals surface area (Å²) in [7, 11) is 3.08. The summed E-state index contributed by atoms with van der Waals surface area (Å²) in [6.45, 7) is -0.114. The van der Waals surface area contributed by atoms with Gasteiger partial charge >= 0.3 is 0 Å². The summed E-state index contributed by atoms with van der Waals surface area (Å²) < 4.78 is 16.9. The maximum Gasteiger partial charge on any atom is 0.257 e. The van der Waals surface area contributed by atoms with E-state index in [2.05, 4.69) is 21.7 Å². The largest absolute Gasteiger partial charge is 0.495 e. The number of nitrogens with one attached hydrogen (secondary N) is 2. The van der Waals surface area contributed by atoms with Crippen LogP contribution in [0.15, 0.2) is 66.9 Å². The lowest BCUT2D eigenvalue weighted by Crippen LogP contribution is -2.24. The summed E-state index contributed by atoms with van der Waals surface area (Å²) in [4.78, 5) is 15.8. The molecule has 0 bridgehead atoms. The monoisotopic (exact) mass is 469 g/mol. The van der Waals surface area contributed by atoms with Gasteiger partial charge in [-0.05, 0) is 48.5 Å². The van der Waals surface area contributed by atoms with Crippen molar-refractivity contribution in [3.05, 3.63) is 72.4 Å². The van der Waals surface area contributed by atoms with E-state index in [0.29, 0.717) is 50.8 Å². The molecule has 0 radical (unpaired) electrons. The highest BCUT2D eigenvalue weighted by molar-refractivity contribution is 5.98. The number of rotatable bonds is 8. The number of aromatic nitrogens is 1. The average molecular weight is 470 g/mol. The van der Waals surface area contributed by atoms with Gasteiger partial charge in [-0.3, -0.25) is 9.78 Å². The zero-order valence-corrected chi connectivity index (χ0v) is 19.2. The van der Waals surface area contributed by atoms with Crippen molar-refractivity contribution in [3.63, 3.8) is 0 Å². The fraction of sp³-hybridized carbons (Fsp3) is 0.115. The number of para-hydroxylation sites is 2. The molecule has 4 aromatic rings. The van der Waals surface area contributed by atoms with Crippen LogP contribution < -0.4 is 30.6 Å². The van der Waals surface area contributed by atoms with E-state index in [4.69, 9.17) is 19.9 Å². The molecule has 1 amide bonds. The Morgan fingerprint density at radius 1 is 1.09 bits per heavy atom. The van der Waals surface area contributed by atoms with Crippen molar-refractivity contribution < 1.29 is 19.0 Å². The zero-order valence-electron chi connectivity index (χ0n) is 19.2. The molecule has 0 aliphatic carbocycles. The van der Waals surface area contributed by atoms with Crippen LogP contribution in [0.1, 0.15) is 5.56 Å². The van der Waals surface area contributed by atoms with Gasteiger partial charge in [0.1, 0.15) is 17.6 Å². The molecule has 1 aromatic heterocycles. The molecule has 0 atom stereocenters. The average Bonchev–Trinajstić information content (AvgIpc) is 2.88. The summed E-state index contributed by atoms with van der Waals surface area (Å²) in [5, 5.41) is 16.1. The fourth-order valence-corrected chi connectivity index (χ4v) is 3.38. The number of nitrogens with zero attached hydrogens (tertiary/aromatic N) is 2. The van der Waals surface area contributed by atoms with Gasteiger partial charge in [-0.25, -0.2) is 0 Å². The highest BCUT2D eigenvalue weighted by Crippen LogP contribution is 2.36. The smallest absolute Gasteiger partial charge is 0.257 e. The molecule has 4 N–H and O–H groups in total. The second-order valence-electron chi connectivity index (χ2n) is 7.43. The first-order valence-corrected chi connectivity index (χ1v) is 10.7. The number of nitrogen functional groups attached to an aromatic ring is 1. The van der Waals surface area contributed by atoms with E-state index in [1.165, 1.54) is 13.3 Å². The number of methoxy groups -OCH3 is 1. The Morgan fingerprint density at radius 3 is 2.51 bits per heavy atom. The third kappa shape index (κ3) is 5.17. The van der Waals surface area contributed by atoms with Crippen molar-refractivity contribution in [2.24, 2.45) is 0 Å². The van der Waals surface area contributed by atoms with E-state index in [0.717, 1.165) is 5.69 Å². The summed E-state index contributed by atoms with van der Waals surface area (Å²) in [5.41, 5.74) is 8.82. The minimum absolute atomic E-state index is 0.114. The van der Waals surface area contributed by atoms with Crippen LogP contribution in [0.4, 0.5) is 17.1 Å². The molecule has 9 nitrogen and oxygen atoms in total. The number of amides is 1. The first kappa shape index (κ1) is 23.2. The Hall–Kier alpha value is -4.97. The van der Waals surface area contributed by atoms with E-state index < -0.39 is 0 Å². The van der Waals surface area contributed by atoms with Gasteiger partial charge < -0.3 is 30.6 Å². The number of likely N-dealkylation sites (N-methyl/N-ethyl adjacent to an activating group) is 1. The van der Waals surface area contributed by atoms with Crippen LogP contribution in [0, 0.1) is 11.3 Å². The van der Waals surface area contributed by atoms with Crippen molar-refractivity contribution in [3.8, 4) is 29.1 Å². The lowest BCUT2D eigenvalue weighted by Gasteiger charge is -2.14. The molecule has 0 saturated heterocycles. The predicted octanol–water partition coefficient (Wildman–Crippen LogP) is 4.36. The van der Waals surface area contributed by atoms with Crippen molar-refractivity contribution in [1.29, 1.82) is 5.26 Å². The van der Waals surface area contributed by atoms with E-state index in [1.54, 1.807) is 49.5 Å². The number of carbonyl (C=O) groups is 1. The Labute approximate surface area is 202 Å². The summed E-state index contributed by atoms with van der Waals surface area (Å²) in [5.74, 6) is 1.76. The number of carbonyl (C=O) groups excluding carboxylic acids is 1. The number of fused-ring (bicyclic) bond motifs is 1. The third-order valence-electron chi connectivity index (χ3n) is 5.18. The van der Waals surface area contributed by atoms with Crippen LogP contribution >= 0.6 is 0 Å². The number of benzene rings is 3. The highest BCUT2D eigenvalue weighted by atomic mass is 16.5. The third-order valence-corrected chi connectivity index (χ3v) is 5.18. The number of nitrogens with two attached hydrogens (primary N) is 1. The maximum absolute atomic E-state index is 11.5. The maximum atomic E-state index is 11.5. The molecule has 0 aliphatic heterocycles. The second-order valence-corrected chi connectivity index (χ2v) is 7.43. The van der Waals surface area contributed by atoms with E-state index in [1.807, 2.05) is 18.2 Å². The van der Waals surface area contributed by atoms with Crippen LogP contribution in [-0.2, 0) is 4.79 Å². The first-order chi connectivity index (χ1) is 17.0. The van der Waals surface area contributed by atoms with E-state index in [-0.39, 0.29) is 12.5 Å². The van der Waals surface area contributed by atoms with Crippen molar-refractivity contribution in [1.82, 2.24) is 10.3 Å². The number of hydrogen-bond donors (Lipinski definition) is 3. The normalized spacial score (nSPS) is 10.3. The number of anilines is 3. The second kappa shape index (κ2) is 10.3. The van der Waals surface area contributed by atoms with Crippen LogP contribution in [0.2, 0.25) is 0 Å². The molecule has 0 saturated carbocycles. The topological polar surface area (TPSA) is 132 Å². The van der Waals surface area contributed by atoms with Crippen molar-refractivity contribution in [2.75, 3.05) is 31.8 Å². The van der Waals surface area contributed by atoms with Gasteiger partial charge in [-0.1, -0.05) is 12.1 Å². The number of hydrogen-bond acceptors (Lipinski definition) is 8. The number of ether oxygens (including phenoxy) is 3. The van der Waals surface area contributed by atoms with Crippen LogP contribution in [0.25, 0.3) is 10.9 Å². The Balaban J connectivity index is 1.57. The SMILES string of the molecule is CNC(=O)COc1ccccc1Oc1ccc(Nc2c(C#N)cnc3cc(N)c(OC)cc23)cc1. The van der Waals surface area contributed by atoms with E-state index in [9.17, 15) is 10.1 Å². The van der Waals surface area contributed by atoms with Gasteiger partial charge in [0, 0.05) is 24.3 Å². The van der Waals surface area contributed by atoms with Gasteiger partial charge in [-0.2, -0.15) is 5.26 Å². The molecule has 4 rings (SSSR count). The molecule has 1 heterocycles. The highest BCUT2D eigenvalue weighted by Gasteiger charge is 2.13. The van der Waals surface area contributed by atoms with Gasteiger partial charge in [-0.15, -0.1) is 0 Å². The van der Waals surface area contributed by atoms with Crippen LogP contribution in [0.3, 0.4) is 0 Å². The van der Waals surface area contributed by atoms with Crippen molar-refractivity contribution in [2.45, 2.75) is 0 Å². The Morgan fingerprint density at radius 2 is 1.83 bits per heavy atom. The molecule has 35 heavy (non-hydrogen) atoms. The van der Waals surface area contributed by atoms with Gasteiger partial charge in [0.25, 0.3) is 5.91 Å². The van der Waals surface area contributed by atoms with Crippen molar-refractivity contribution >= 4 is 33.9 Å². The molecule has 0 spiro atoms. The number of nitriles is 1.